The van der Waals surface area contributed by atoms with Crippen molar-refractivity contribution in [1.82, 2.24) is 0 Å². The van der Waals surface area contributed by atoms with Gasteiger partial charge in [-0.05, 0) is 49.1 Å². The van der Waals surface area contributed by atoms with E-state index in [1.165, 1.54) is 25.3 Å². The summed E-state index contributed by atoms with van der Waals surface area (Å²) in [4.78, 5) is -0.100. The zero-order chi connectivity index (χ0) is 20.6. The van der Waals surface area contributed by atoms with Crippen LogP contribution in [0.3, 0.4) is 0 Å². The average Bonchev–Trinajstić information content (AvgIpc) is 2.64. The first-order valence-corrected chi connectivity index (χ1v) is 10.1. The van der Waals surface area contributed by atoms with Crippen LogP contribution in [0.2, 0.25) is 5.02 Å². The molecule has 0 saturated carbocycles. The third kappa shape index (κ3) is 7.80. The number of nitrogens with zero attached hydrogens (tertiary/aromatic N) is 2. The van der Waals surface area contributed by atoms with Crippen molar-refractivity contribution in [2.24, 2.45) is 21.7 Å². The number of nitrogens with two attached hydrogens (primary N) is 2. The third-order valence-electron chi connectivity index (χ3n) is 3.54. The van der Waals surface area contributed by atoms with Crippen LogP contribution in [0.1, 0.15) is 18.4 Å². The molecule has 0 saturated heterocycles. The topological polar surface area (TPSA) is 129 Å². The molecule has 0 unspecified atom stereocenters. The van der Waals surface area contributed by atoms with Gasteiger partial charge in [-0.1, -0.05) is 23.7 Å². The zero-order valence-electron chi connectivity index (χ0n) is 15.6. The maximum atomic E-state index is 12.5. The van der Waals surface area contributed by atoms with Gasteiger partial charge in [0.05, 0.1) is 12.1 Å². The maximum absolute atomic E-state index is 12.5. The van der Waals surface area contributed by atoms with Gasteiger partial charge in [-0.2, -0.15) is 13.5 Å². The Labute approximate surface area is 181 Å². The molecule has 2 aromatic rings. The van der Waals surface area contributed by atoms with Crippen LogP contribution in [0.15, 0.2) is 57.6 Å². The molecule has 0 aliphatic rings. The van der Waals surface area contributed by atoms with Gasteiger partial charge in [0.1, 0.15) is 16.4 Å². The maximum Gasteiger partial charge on any atom is 0.340 e. The summed E-state index contributed by atoms with van der Waals surface area (Å²) in [5.41, 5.74) is 11.2. The van der Waals surface area contributed by atoms with E-state index in [4.69, 9.17) is 32.0 Å². The fourth-order valence-corrected chi connectivity index (χ4v) is 3.73. The fourth-order valence-electron chi connectivity index (χ4n) is 2.32. The van der Waals surface area contributed by atoms with Crippen molar-refractivity contribution in [3.63, 3.8) is 0 Å². The van der Waals surface area contributed by atoms with E-state index in [2.05, 4.69) is 10.2 Å². The van der Waals surface area contributed by atoms with Crippen LogP contribution in [0.4, 0.5) is 0 Å². The highest BCUT2D eigenvalue weighted by atomic mass is 35.5. The first kappa shape index (κ1) is 24.5. The summed E-state index contributed by atoms with van der Waals surface area (Å²) in [5, 5.41) is 7.31. The van der Waals surface area contributed by atoms with Crippen molar-refractivity contribution >= 4 is 46.3 Å². The van der Waals surface area contributed by atoms with E-state index in [-0.39, 0.29) is 34.0 Å². The number of halogens is 2. The zero-order valence-corrected chi connectivity index (χ0v) is 18.0. The van der Waals surface area contributed by atoms with Gasteiger partial charge in [-0.25, -0.2) is 0 Å². The summed E-state index contributed by atoms with van der Waals surface area (Å²) >= 11 is 5.97. The number of benzene rings is 2. The highest BCUT2D eigenvalue weighted by Gasteiger charge is 2.20. The van der Waals surface area contributed by atoms with Crippen LogP contribution in [-0.2, 0) is 16.5 Å². The Bertz CT molecular complexity index is 978. The average molecular weight is 461 g/mol. The molecule has 158 valence electrons. The van der Waals surface area contributed by atoms with Crippen LogP contribution in [-0.4, -0.2) is 27.7 Å². The summed E-state index contributed by atoms with van der Waals surface area (Å²) < 4.78 is 35.5. The van der Waals surface area contributed by atoms with Gasteiger partial charge in [0.25, 0.3) is 0 Å². The molecule has 0 aromatic heterocycles. The van der Waals surface area contributed by atoms with E-state index in [9.17, 15) is 8.42 Å². The van der Waals surface area contributed by atoms with Gasteiger partial charge in [0.15, 0.2) is 0 Å². The SMILES string of the molecule is COc1cc(CCCC=NN=C(N)N)cc(OS(=O)(=O)c2ccccc2Cl)c1.Cl. The highest BCUT2D eigenvalue weighted by Crippen LogP contribution is 2.28. The lowest BCUT2D eigenvalue weighted by atomic mass is 10.1. The number of rotatable bonds is 9. The largest absolute Gasteiger partial charge is 0.497 e. The minimum absolute atomic E-state index is 0. The predicted octanol–water partition coefficient (Wildman–Crippen LogP) is 3.12. The standard InChI is InChI=1S/C18H21ClN4O4S.ClH/c1-26-14-10-13(6-4-5-9-22-23-18(20)21)11-15(12-14)27-28(24,25)17-8-3-2-7-16(17)19;/h2-3,7-12H,4-6H2,1H3,(H4,20,21,23);1H. The van der Waals surface area contributed by atoms with Gasteiger partial charge in [0, 0.05) is 12.3 Å². The second-order valence-electron chi connectivity index (χ2n) is 5.70. The Hall–Kier alpha value is -2.49. The molecule has 2 aromatic carbocycles. The van der Waals surface area contributed by atoms with E-state index >= 15 is 0 Å². The van der Waals surface area contributed by atoms with Crippen molar-refractivity contribution in [3.8, 4) is 11.5 Å². The van der Waals surface area contributed by atoms with Gasteiger partial charge in [-0.15, -0.1) is 17.5 Å². The lowest BCUT2D eigenvalue weighted by Crippen LogP contribution is -2.21. The van der Waals surface area contributed by atoms with Gasteiger partial charge >= 0.3 is 10.1 Å². The van der Waals surface area contributed by atoms with Crippen molar-refractivity contribution in [3.05, 3.63) is 53.1 Å². The van der Waals surface area contributed by atoms with E-state index in [0.29, 0.717) is 18.6 Å². The molecule has 0 atom stereocenters. The first-order chi connectivity index (χ1) is 13.3. The number of hydrogen-bond donors (Lipinski definition) is 2. The quantitative estimate of drug-likeness (QED) is 0.194. The smallest absolute Gasteiger partial charge is 0.340 e. The van der Waals surface area contributed by atoms with E-state index in [0.717, 1.165) is 12.0 Å². The summed E-state index contributed by atoms with van der Waals surface area (Å²) in [6.45, 7) is 0. The molecule has 0 fully saturated rings. The first-order valence-electron chi connectivity index (χ1n) is 8.29. The monoisotopic (exact) mass is 460 g/mol. The second-order valence-corrected chi connectivity index (χ2v) is 7.62. The number of hydrogen-bond acceptors (Lipinski definition) is 6. The molecule has 8 nitrogen and oxygen atoms in total. The Kier molecular flexibility index (Phi) is 9.73. The Morgan fingerprint density at radius 3 is 2.52 bits per heavy atom. The Morgan fingerprint density at radius 2 is 1.86 bits per heavy atom. The van der Waals surface area contributed by atoms with Crippen LogP contribution in [0.5, 0.6) is 11.5 Å². The van der Waals surface area contributed by atoms with Crippen LogP contribution in [0.25, 0.3) is 0 Å². The number of aryl methyl sites for hydroxylation is 1. The molecule has 2 rings (SSSR count). The number of methoxy groups -OCH3 is 1. The van der Waals surface area contributed by atoms with E-state index in [1.54, 1.807) is 24.4 Å². The minimum Gasteiger partial charge on any atom is -0.497 e. The lowest BCUT2D eigenvalue weighted by Gasteiger charge is -2.11. The number of unbranched alkanes of at least 4 members (excludes halogenated alkanes) is 1. The molecule has 0 heterocycles. The Balaban J connectivity index is 0.00000420. The normalized spacial score (nSPS) is 11.0. The van der Waals surface area contributed by atoms with Gasteiger partial charge in [0.2, 0.25) is 5.96 Å². The molecule has 11 heteroatoms. The van der Waals surface area contributed by atoms with E-state index < -0.39 is 10.1 Å². The Morgan fingerprint density at radius 1 is 1.17 bits per heavy atom. The molecular formula is C18H22Cl2N4O4S. The van der Waals surface area contributed by atoms with Crippen molar-refractivity contribution in [2.75, 3.05) is 7.11 Å². The van der Waals surface area contributed by atoms with Gasteiger partial charge in [-0.3, -0.25) is 0 Å². The summed E-state index contributed by atoms with van der Waals surface area (Å²) in [7, 11) is -2.58. The molecule has 0 spiro atoms. The molecule has 0 aliphatic heterocycles. The van der Waals surface area contributed by atoms with Crippen LogP contribution >= 0.6 is 24.0 Å². The second kappa shape index (κ2) is 11.5. The molecular weight excluding hydrogens is 439 g/mol. The van der Waals surface area contributed by atoms with Gasteiger partial charge < -0.3 is 20.4 Å². The molecule has 0 bridgehead atoms. The molecule has 4 N–H and O–H groups in total. The van der Waals surface area contributed by atoms with Crippen molar-refractivity contribution in [1.29, 1.82) is 0 Å². The van der Waals surface area contributed by atoms with Crippen molar-refractivity contribution in [2.45, 2.75) is 24.2 Å². The highest BCUT2D eigenvalue weighted by molar-refractivity contribution is 7.87. The molecule has 0 aliphatic carbocycles. The minimum atomic E-state index is -4.07. The lowest BCUT2D eigenvalue weighted by molar-refractivity contribution is 0.411. The predicted molar refractivity (Wildman–Crippen MR) is 117 cm³/mol. The molecule has 0 radical (unpaired) electrons. The summed E-state index contributed by atoms with van der Waals surface area (Å²) in [5.74, 6) is 0.519. The van der Waals surface area contributed by atoms with Crippen LogP contribution in [0, 0.1) is 0 Å². The summed E-state index contributed by atoms with van der Waals surface area (Å²) in [6.07, 6.45) is 3.63. The fraction of sp³-hybridized carbons (Fsp3) is 0.222. The summed E-state index contributed by atoms with van der Waals surface area (Å²) in [6, 6.07) is 11.0. The molecule has 29 heavy (non-hydrogen) atoms. The van der Waals surface area contributed by atoms with Crippen molar-refractivity contribution < 1.29 is 17.3 Å². The number of ether oxygens (including phenoxy) is 1. The number of guanidine groups is 1. The third-order valence-corrected chi connectivity index (χ3v) is 5.29. The van der Waals surface area contributed by atoms with E-state index in [1.807, 2.05) is 6.07 Å². The van der Waals surface area contributed by atoms with Crippen LogP contribution < -0.4 is 20.4 Å². The molecule has 0 amide bonds.